The third-order valence-electron chi connectivity index (χ3n) is 4.66. The summed E-state index contributed by atoms with van der Waals surface area (Å²) in [6, 6.07) is 0. The van der Waals surface area contributed by atoms with Crippen molar-refractivity contribution in [1.29, 1.82) is 0 Å². The van der Waals surface area contributed by atoms with Crippen molar-refractivity contribution in [3.63, 3.8) is 0 Å². The molecule has 0 unspecified atom stereocenters. The smallest absolute Gasteiger partial charge is 0.340 e. The van der Waals surface area contributed by atoms with Gasteiger partial charge in [0, 0.05) is 0 Å². The number of hydrogen-bond acceptors (Lipinski definition) is 10. The summed E-state index contributed by atoms with van der Waals surface area (Å²) < 4.78 is 15.6. The molecule has 0 aromatic rings. The summed E-state index contributed by atoms with van der Waals surface area (Å²) in [4.78, 5) is 12.0. The summed E-state index contributed by atoms with van der Waals surface area (Å²) in [6.45, 7) is 5.16. The molecular formula is C16H30O10. The summed E-state index contributed by atoms with van der Waals surface area (Å²) in [5, 5.41) is 59.0. The lowest BCUT2D eigenvalue weighted by molar-refractivity contribution is -0.315. The number of hydrogen-bond donors (Lipinski definition) is 6. The molecule has 0 amide bonds. The maximum atomic E-state index is 12.0. The van der Waals surface area contributed by atoms with Crippen molar-refractivity contribution < 1.29 is 49.6 Å². The first-order valence-electron chi connectivity index (χ1n) is 8.56. The highest BCUT2D eigenvalue weighted by molar-refractivity contribution is 5.80. The number of ether oxygens (including phenoxy) is 3. The Hall–Kier alpha value is -0.850. The van der Waals surface area contributed by atoms with E-state index >= 15 is 0 Å². The minimum atomic E-state index is -2.12. The van der Waals surface area contributed by atoms with Crippen molar-refractivity contribution in [1.82, 2.24) is 0 Å². The molecule has 0 bridgehead atoms. The van der Waals surface area contributed by atoms with Gasteiger partial charge in [0.15, 0.2) is 11.9 Å². The van der Waals surface area contributed by atoms with Crippen LogP contribution < -0.4 is 0 Å². The maximum absolute atomic E-state index is 12.0. The molecule has 1 aliphatic heterocycles. The van der Waals surface area contributed by atoms with Gasteiger partial charge in [0.25, 0.3) is 0 Å². The van der Waals surface area contributed by atoms with E-state index in [0.717, 1.165) is 0 Å². The first-order valence-corrected chi connectivity index (χ1v) is 8.56. The van der Waals surface area contributed by atoms with Crippen LogP contribution in [0.3, 0.4) is 0 Å². The second-order valence-corrected chi connectivity index (χ2v) is 6.65. The predicted octanol–water partition coefficient (Wildman–Crippen LogP) is -2.35. The predicted molar refractivity (Wildman–Crippen MR) is 86.8 cm³/mol. The Labute approximate surface area is 151 Å². The molecule has 0 aliphatic carbocycles. The van der Waals surface area contributed by atoms with Gasteiger partial charge in [0.05, 0.1) is 18.3 Å². The van der Waals surface area contributed by atoms with E-state index in [4.69, 9.17) is 14.2 Å². The molecule has 0 spiro atoms. The molecule has 1 heterocycles. The van der Waals surface area contributed by atoms with Crippen molar-refractivity contribution in [2.75, 3.05) is 6.61 Å². The fourth-order valence-corrected chi connectivity index (χ4v) is 2.39. The first-order chi connectivity index (χ1) is 12.0. The van der Waals surface area contributed by atoms with Crippen LogP contribution in [0.4, 0.5) is 0 Å². The molecule has 9 atom stereocenters. The molecule has 0 saturated carbocycles. The highest BCUT2D eigenvalue weighted by Crippen LogP contribution is 2.25. The van der Waals surface area contributed by atoms with Crippen molar-refractivity contribution in [2.45, 2.75) is 88.7 Å². The number of carbonyl (C=O) groups excluding carboxylic acids is 1. The number of aliphatic hydroxyl groups is 6. The monoisotopic (exact) mass is 382 g/mol. The number of esters is 1. The molecule has 10 nitrogen and oxygen atoms in total. The van der Waals surface area contributed by atoms with Gasteiger partial charge in [-0.15, -0.1) is 0 Å². The van der Waals surface area contributed by atoms with Crippen molar-refractivity contribution in [3.05, 3.63) is 0 Å². The third kappa shape index (κ3) is 5.11. The zero-order valence-electron chi connectivity index (χ0n) is 15.3. The van der Waals surface area contributed by atoms with Crippen molar-refractivity contribution in [2.24, 2.45) is 0 Å². The summed E-state index contributed by atoms with van der Waals surface area (Å²) >= 11 is 0. The lowest BCUT2D eigenvalue weighted by Gasteiger charge is -2.41. The fourth-order valence-electron chi connectivity index (χ4n) is 2.39. The summed E-state index contributed by atoms with van der Waals surface area (Å²) in [5.41, 5.74) is -2.12. The molecule has 154 valence electrons. The SMILES string of the molecule is CC[C@@](O)(C(=O)OC[C@H]1O[C@@H](O[C@H](C)[C@H](C)O)[C@H](O)[C@@H](O)[C@@H]1O)[C@@H](C)O. The van der Waals surface area contributed by atoms with E-state index in [-0.39, 0.29) is 6.42 Å². The third-order valence-corrected chi connectivity index (χ3v) is 4.66. The van der Waals surface area contributed by atoms with Crippen LogP contribution in [0.1, 0.15) is 34.1 Å². The molecule has 1 fully saturated rings. The summed E-state index contributed by atoms with van der Waals surface area (Å²) in [7, 11) is 0. The Bertz CT molecular complexity index is 456. The van der Waals surface area contributed by atoms with Gasteiger partial charge in [-0.25, -0.2) is 4.79 Å². The normalized spacial score (nSPS) is 35.2. The van der Waals surface area contributed by atoms with Gasteiger partial charge in [-0.2, -0.15) is 0 Å². The van der Waals surface area contributed by atoms with Crippen LogP contribution in [-0.4, -0.2) is 97.8 Å². The second kappa shape index (κ2) is 9.38. The number of aliphatic hydroxyl groups excluding tert-OH is 5. The average molecular weight is 382 g/mol. The fraction of sp³-hybridized carbons (Fsp3) is 0.938. The molecule has 0 aromatic heterocycles. The summed E-state index contributed by atoms with van der Waals surface area (Å²) in [5.74, 6) is -1.11. The zero-order valence-corrected chi connectivity index (χ0v) is 15.3. The first kappa shape index (κ1) is 23.2. The Morgan fingerprint density at radius 1 is 1.12 bits per heavy atom. The molecule has 1 rings (SSSR count). The molecule has 26 heavy (non-hydrogen) atoms. The van der Waals surface area contributed by atoms with Crippen LogP contribution in [0.15, 0.2) is 0 Å². The van der Waals surface area contributed by atoms with Crippen molar-refractivity contribution >= 4 is 5.97 Å². The molecule has 1 aliphatic rings. The van der Waals surface area contributed by atoms with Gasteiger partial charge < -0.3 is 44.8 Å². The largest absolute Gasteiger partial charge is 0.461 e. The van der Waals surface area contributed by atoms with Gasteiger partial charge in [0.1, 0.15) is 31.0 Å². The Balaban J connectivity index is 2.77. The minimum absolute atomic E-state index is 0.101. The van der Waals surface area contributed by atoms with E-state index in [1.165, 1.54) is 27.7 Å². The molecule has 1 saturated heterocycles. The van der Waals surface area contributed by atoms with Crippen LogP contribution in [0.2, 0.25) is 0 Å². The maximum Gasteiger partial charge on any atom is 0.340 e. The van der Waals surface area contributed by atoms with Gasteiger partial charge in [0.2, 0.25) is 0 Å². The van der Waals surface area contributed by atoms with Gasteiger partial charge in [-0.3, -0.25) is 0 Å². The van der Waals surface area contributed by atoms with E-state index in [0.29, 0.717) is 0 Å². The Kier molecular flexibility index (Phi) is 8.36. The van der Waals surface area contributed by atoms with Crippen molar-refractivity contribution in [3.8, 4) is 0 Å². The average Bonchev–Trinajstić information content (AvgIpc) is 2.59. The molecular weight excluding hydrogens is 352 g/mol. The van der Waals surface area contributed by atoms with E-state index in [1.807, 2.05) is 0 Å². The zero-order chi connectivity index (χ0) is 20.2. The lowest BCUT2D eigenvalue weighted by Crippen LogP contribution is -2.60. The standard InChI is InChI=1S/C16H30O10/c1-5-16(23,9(4)18)15(22)24-6-10-11(19)12(20)13(21)14(26-10)25-8(3)7(2)17/h7-14,17-21,23H,5-6H2,1-4H3/t7-,8+,9+,10+,11+,12-,13+,14+,16-/m0/s1. The van der Waals surface area contributed by atoms with E-state index < -0.39 is 67.2 Å². The van der Waals surface area contributed by atoms with Crippen LogP contribution in [0.5, 0.6) is 0 Å². The van der Waals surface area contributed by atoms with E-state index in [1.54, 1.807) is 0 Å². The Morgan fingerprint density at radius 2 is 1.69 bits per heavy atom. The molecule has 10 heteroatoms. The van der Waals surface area contributed by atoms with E-state index in [2.05, 4.69) is 0 Å². The summed E-state index contributed by atoms with van der Waals surface area (Å²) in [6.07, 6.45) is -10.5. The number of carbonyl (C=O) groups is 1. The Morgan fingerprint density at radius 3 is 2.15 bits per heavy atom. The van der Waals surface area contributed by atoms with E-state index in [9.17, 15) is 35.4 Å². The van der Waals surface area contributed by atoms with Crippen LogP contribution >= 0.6 is 0 Å². The minimum Gasteiger partial charge on any atom is -0.461 e. The highest BCUT2D eigenvalue weighted by Gasteiger charge is 2.47. The van der Waals surface area contributed by atoms with Gasteiger partial charge in [-0.05, 0) is 27.2 Å². The molecule has 0 radical (unpaired) electrons. The van der Waals surface area contributed by atoms with Crippen LogP contribution in [0.25, 0.3) is 0 Å². The van der Waals surface area contributed by atoms with Gasteiger partial charge >= 0.3 is 5.97 Å². The van der Waals surface area contributed by atoms with Gasteiger partial charge in [-0.1, -0.05) is 6.92 Å². The van der Waals surface area contributed by atoms with Crippen LogP contribution in [0, 0.1) is 0 Å². The lowest BCUT2D eigenvalue weighted by atomic mass is 9.95. The topological polar surface area (TPSA) is 166 Å². The second-order valence-electron chi connectivity index (χ2n) is 6.65. The molecule has 0 aromatic carbocycles. The quantitative estimate of drug-likeness (QED) is 0.250. The number of rotatable bonds is 8. The van der Waals surface area contributed by atoms with Crippen LogP contribution in [-0.2, 0) is 19.0 Å². The highest BCUT2D eigenvalue weighted by atomic mass is 16.7. The molecule has 6 N–H and O–H groups in total.